The molecule has 0 amide bonds. The lowest BCUT2D eigenvalue weighted by Crippen LogP contribution is -2.02. The Kier molecular flexibility index (Phi) is 3.34. The summed E-state index contributed by atoms with van der Waals surface area (Å²) in [4.78, 5) is 0. The van der Waals surface area contributed by atoms with Crippen LogP contribution in [0.5, 0.6) is 0 Å². The quantitative estimate of drug-likeness (QED) is 0.807. The van der Waals surface area contributed by atoms with E-state index in [0.717, 1.165) is 18.1 Å². The highest BCUT2D eigenvalue weighted by Crippen LogP contribution is 2.29. The molecule has 0 radical (unpaired) electrons. The molecule has 0 atom stereocenters. The van der Waals surface area contributed by atoms with E-state index in [1.54, 1.807) is 12.1 Å². The fourth-order valence-electron chi connectivity index (χ4n) is 1.50. The van der Waals surface area contributed by atoms with Gasteiger partial charge >= 0.3 is 0 Å². The van der Waals surface area contributed by atoms with Crippen LogP contribution in [-0.2, 0) is 17.9 Å². The van der Waals surface area contributed by atoms with Gasteiger partial charge in [-0.1, -0.05) is 6.07 Å². The molecule has 1 aliphatic rings. The smallest absolute Gasteiger partial charge is 0.127 e. The normalized spacial score (nSPS) is 15.6. The maximum absolute atomic E-state index is 13.1. The van der Waals surface area contributed by atoms with E-state index in [9.17, 15) is 4.39 Å². The number of halogens is 1. The molecule has 2 N–H and O–H groups in total. The van der Waals surface area contributed by atoms with Crippen molar-refractivity contribution in [1.29, 1.82) is 0 Å². The van der Waals surface area contributed by atoms with E-state index in [2.05, 4.69) is 0 Å². The van der Waals surface area contributed by atoms with Crippen LogP contribution in [0, 0.1) is 11.7 Å². The summed E-state index contributed by atoms with van der Waals surface area (Å²) in [5.41, 5.74) is 6.98. The Morgan fingerprint density at radius 2 is 2.20 bits per heavy atom. The van der Waals surface area contributed by atoms with Crippen molar-refractivity contribution >= 4 is 0 Å². The molecule has 0 spiro atoms. The minimum atomic E-state index is -0.233. The van der Waals surface area contributed by atoms with E-state index >= 15 is 0 Å². The summed E-state index contributed by atoms with van der Waals surface area (Å²) in [5, 5.41) is 0. The van der Waals surface area contributed by atoms with Gasteiger partial charge in [0.15, 0.2) is 0 Å². The second kappa shape index (κ2) is 4.73. The van der Waals surface area contributed by atoms with Crippen LogP contribution in [0.15, 0.2) is 18.2 Å². The van der Waals surface area contributed by atoms with Crippen LogP contribution in [0.4, 0.5) is 4.39 Å². The summed E-state index contributed by atoms with van der Waals surface area (Å²) < 4.78 is 18.6. The Balaban J connectivity index is 1.89. The third kappa shape index (κ3) is 3.01. The van der Waals surface area contributed by atoms with Gasteiger partial charge in [-0.05, 0) is 36.5 Å². The van der Waals surface area contributed by atoms with E-state index in [-0.39, 0.29) is 12.4 Å². The summed E-state index contributed by atoms with van der Waals surface area (Å²) in [6.45, 7) is 1.63. The van der Waals surface area contributed by atoms with Gasteiger partial charge in [-0.25, -0.2) is 4.39 Å². The van der Waals surface area contributed by atoms with Crippen LogP contribution in [0.2, 0.25) is 0 Å². The van der Waals surface area contributed by atoms with E-state index in [0.29, 0.717) is 12.2 Å². The van der Waals surface area contributed by atoms with Gasteiger partial charge in [0, 0.05) is 18.7 Å². The molecule has 2 nitrogen and oxygen atoms in total. The van der Waals surface area contributed by atoms with Gasteiger partial charge in [0.1, 0.15) is 5.82 Å². The standard InChI is InChI=1S/C12H16FNO/c13-12-4-3-10(5-11(12)6-14)8-15-7-9-1-2-9/h3-5,9H,1-2,6-8,14H2. The fourth-order valence-corrected chi connectivity index (χ4v) is 1.50. The zero-order valence-corrected chi connectivity index (χ0v) is 8.71. The zero-order valence-electron chi connectivity index (χ0n) is 8.71. The fraction of sp³-hybridized carbons (Fsp3) is 0.500. The number of benzene rings is 1. The van der Waals surface area contributed by atoms with Crippen molar-refractivity contribution in [3.8, 4) is 0 Å². The summed E-state index contributed by atoms with van der Waals surface area (Å²) in [6, 6.07) is 4.99. The predicted molar refractivity (Wildman–Crippen MR) is 56.7 cm³/mol. The molecule has 0 bridgehead atoms. The zero-order chi connectivity index (χ0) is 10.7. The SMILES string of the molecule is NCc1cc(COCC2CC2)ccc1F. The number of rotatable bonds is 5. The molecule has 15 heavy (non-hydrogen) atoms. The van der Waals surface area contributed by atoms with Crippen LogP contribution in [0.3, 0.4) is 0 Å². The first kappa shape index (κ1) is 10.6. The van der Waals surface area contributed by atoms with E-state index in [4.69, 9.17) is 10.5 Å². The molecule has 0 heterocycles. The van der Waals surface area contributed by atoms with Crippen molar-refractivity contribution < 1.29 is 9.13 Å². The van der Waals surface area contributed by atoms with Crippen molar-refractivity contribution in [3.63, 3.8) is 0 Å². The molecule has 1 aliphatic carbocycles. The second-order valence-electron chi connectivity index (χ2n) is 4.09. The van der Waals surface area contributed by atoms with Gasteiger partial charge in [-0.2, -0.15) is 0 Å². The summed E-state index contributed by atoms with van der Waals surface area (Å²) in [6.07, 6.45) is 2.58. The number of ether oxygens (including phenoxy) is 1. The highest BCUT2D eigenvalue weighted by Gasteiger charge is 2.21. The van der Waals surface area contributed by atoms with Gasteiger partial charge in [-0.15, -0.1) is 0 Å². The Morgan fingerprint density at radius 3 is 2.87 bits per heavy atom. The van der Waals surface area contributed by atoms with E-state index in [1.165, 1.54) is 18.9 Å². The Morgan fingerprint density at radius 1 is 1.40 bits per heavy atom. The molecule has 0 aromatic heterocycles. The molecular weight excluding hydrogens is 193 g/mol. The van der Waals surface area contributed by atoms with E-state index < -0.39 is 0 Å². The van der Waals surface area contributed by atoms with Crippen molar-refractivity contribution in [2.24, 2.45) is 11.7 Å². The molecule has 3 heteroatoms. The summed E-state index contributed by atoms with van der Waals surface area (Å²) in [5.74, 6) is 0.530. The van der Waals surface area contributed by atoms with Gasteiger partial charge < -0.3 is 10.5 Å². The summed E-state index contributed by atoms with van der Waals surface area (Å²) in [7, 11) is 0. The van der Waals surface area contributed by atoms with Crippen molar-refractivity contribution in [3.05, 3.63) is 35.1 Å². The third-order valence-electron chi connectivity index (χ3n) is 2.65. The minimum Gasteiger partial charge on any atom is -0.376 e. The van der Waals surface area contributed by atoms with Gasteiger partial charge in [0.2, 0.25) is 0 Å². The first-order chi connectivity index (χ1) is 7.29. The van der Waals surface area contributed by atoms with Crippen LogP contribution in [-0.4, -0.2) is 6.61 Å². The summed E-state index contributed by atoms with van der Waals surface area (Å²) >= 11 is 0. The predicted octanol–water partition coefficient (Wildman–Crippen LogP) is 2.21. The van der Waals surface area contributed by atoms with Crippen molar-refractivity contribution in [2.75, 3.05) is 6.61 Å². The molecule has 0 aliphatic heterocycles. The van der Waals surface area contributed by atoms with Gasteiger partial charge in [0.25, 0.3) is 0 Å². The first-order valence-electron chi connectivity index (χ1n) is 5.34. The van der Waals surface area contributed by atoms with E-state index in [1.807, 2.05) is 0 Å². The van der Waals surface area contributed by atoms with Crippen LogP contribution >= 0.6 is 0 Å². The lowest BCUT2D eigenvalue weighted by molar-refractivity contribution is 0.111. The molecule has 1 fully saturated rings. The third-order valence-corrected chi connectivity index (χ3v) is 2.65. The number of nitrogens with two attached hydrogens (primary N) is 1. The lowest BCUT2D eigenvalue weighted by Gasteiger charge is -2.06. The molecule has 2 rings (SSSR count). The molecular formula is C12H16FNO. The van der Waals surface area contributed by atoms with Crippen molar-refractivity contribution in [1.82, 2.24) is 0 Å². The maximum atomic E-state index is 13.1. The van der Waals surface area contributed by atoms with Gasteiger partial charge in [0.05, 0.1) is 6.61 Å². The Bertz CT molecular complexity index is 336. The van der Waals surface area contributed by atoms with Crippen molar-refractivity contribution in [2.45, 2.75) is 26.0 Å². The first-order valence-corrected chi connectivity index (χ1v) is 5.34. The number of hydrogen-bond donors (Lipinski definition) is 1. The second-order valence-corrected chi connectivity index (χ2v) is 4.09. The highest BCUT2D eigenvalue weighted by atomic mass is 19.1. The highest BCUT2D eigenvalue weighted by molar-refractivity contribution is 5.24. The number of hydrogen-bond acceptors (Lipinski definition) is 2. The van der Waals surface area contributed by atoms with Crippen LogP contribution in [0.25, 0.3) is 0 Å². The maximum Gasteiger partial charge on any atom is 0.127 e. The topological polar surface area (TPSA) is 35.2 Å². The molecule has 1 aromatic carbocycles. The van der Waals surface area contributed by atoms with Crippen LogP contribution < -0.4 is 5.73 Å². The van der Waals surface area contributed by atoms with Gasteiger partial charge in [-0.3, -0.25) is 0 Å². The molecule has 1 saturated carbocycles. The molecule has 82 valence electrons. The molecule has 0 saturated heterocycles. The molecule has 0 unspecified atom stereocenters. The molecule has 1 aromatic rings. The minimum absolute atomic E-state index is 0.233. The Labute approximate surface area is 89.2 Å². The average Bonchev–Trinajstić information content (AvgIpc) is 3.04. The monoisotopic (exact) mass is 209 g/mol. The average molecular weight is 209 g/mol. The lowest BCUT2D eigenvalue weighted by atomic mass is 10.1. The largest absolute Gasteiger partial charge is 0.376 e. The van der Waals surface area contributed by atoms with Crippen LogP contribution in [0.1, 0.15) is 24.0 Å². The Hall–Kier alpha value is -0.930.